The summed E-state index contributed by atoms with van der Waals surface area (Å²) in [6.45, 7) is 2.75. The van der Waals surface area contributed by atoms with Crippen LogP contribution in [0, 0.1) is 5.92 Å². The van der Waals surface area contributed by atoms with Crippen LogP contribution in [0.5, 0.6) is 0 Å². The molecule has 112 valence electrons. The van der Waals surface area contributed by atoms with Gasteiger partial charge in [-0.2, -0.15) is 0 Å². The molecule has 2 N–H and O–H groups in total. The number of anilines is 1. The monoisotopic (exact) mass is 305 g/mol. The van der Waals surface area contributed by atoms with Crippen molar-refractivity contribution in [1.82, 2.24) is 10.3 Å². The molecule has 0 aromatic carbocycles. The largest absolute Gasteiger partial charge is 0.480 e. The highest BCUT2D eigenvalue weighted by Crippen LogP contribution is 2.30. The summed E-state index contributed by atoms with van der Waals surface area (Å²) in [5, 5.41) is 15.0. The predicted octanol–water partition coefficient (Wildman–Crippen LogP) is 2.19. The highest BCUT2D eigenvalue weighted by molar-refractivity contribution is 7.17. The molecular weight excluding hydrogens is 286 g/mol. The van der Waals surface area contributed by atoms with Crippen molar-refractivity contribution < 1.29 is 9.90 Å². The molecule has 21 heavy (non-hydrogen) atoms. The topological polar surface area (TPSA) is 65.5 Å². The fraction of sp³-hybridized carbons (Fsp3) is 0.467. The summed E-state index contributed by atoms with van der Waals surface area (Å²) in [7, 11) is 0. The van der Waals surface area contributed by atoms with Crippen molar-refractivity contribution in [3.63, 3.8) is 0 Å². The Morgan fingerprint density at radius 1 is 1.52 bits per heavy atom. The van der Waals surface area contributed by atoms with Gasteiger partial charge >= 0.3 is 5.97 Å². The lowest BCUT2D eigenvalue weighted by Crippen LogP contribution is -2.41. The molecule has 1 saturated heterocycles. The lowest BCUT2D eigenvalue weighted by molar-refractivity contribution is -0.136. The predicted molar refractivity (Wildman–Crippen MR) is 85.1 cm³/mol. The summed E-state index contributed by atoms with van der Waals surface area (Å²) in [5.41, 5.74) is 0. The van der Waals surface area contributed by atoms with E-state index in [2.05, 4.69) is 32.7 Å². The number of fused-ring (bicyclic) bond motifs is 1. The van der Waals surface area contributed by atoms with Gasteiger partial charge in [-0.05, 0) is 36.3 Å². The first-order valence-electron chi connectivity index (χ1n) is 7.23. The summed E-state index contributed by atoms with van der Waals surface area (Å²) in [5.74, 6) is 0.748. The molecule has 0 aliphatic carbocycles. The summed E-state index contributed by atoms with van der Waals surface area (Å²) < 4.78 is 1.27. The number of carboxylic acids is 1. The quantitative estimate of drug-likeness (QED) is 0.886. The number of piperidine rings is 1. The van der Waals surface area contributed by atoms with Crippen LogP contribution in [0.2, 0.25) is 0 Å². The van der Waals surface area contributed by atoms with Crippen LogP contribution in [-0.4, -0.2) is 42.2 Å². The number of carbonyl (C=O) groups is 1. The van der Waals surface area contributed by atoms with Crippen molar-refractivity contribution in [2.24, 2.45) is 5.92 Å². The zero-order valence-electron chi connectivity index (χ0n) is 11.8. The molecule has 3 rings (SSSR count). The van der Waals surface area contributed by atoms with Gasteiger partial charge < -0.3 is 15.3 Å². The molecule has 0 radical (unpaired) electrons. The average molecular weight is 305 g/mol. The van der Waals surface area contributed by atoms with Crippen molar-refractivity contribution in [2.75, 3.05) is 31.1 Å². The van der Waals surface area contributed by atoms with Gasteiger partial charge in [0.25, 0.3) is 0 Å². The molecular formula is C15H19N3O2S. The number of thiophene rings is 1. The normalized spacial score (nSPS) is 19.0. The van der Waals surface area contributed by atoms with Crippen LogP contribution >= 0.6 is 11.3 Å². The lowest BCUT2D eigenvalue weighted by atomic mass is 9.97. The second-order valence-corrected chi connectivity index (χ2v) is 6.39. The Morgan fingerprint density at radius 2 is 2.43 bits per heavy atom. The maximum atomic E-state index is 10.6. The van der Waals surface area contributed by atoms with E-state index in [0.29, 0.717) is 5.92 Å². The maximum absolute atomic E-state index is 10.6. The third kappa shape index (κ3) is 3.33. The van der Waals surface area contributed by atoms with E-state index in [9.17, 15) is 4.79 Å². The van der Waals surface area contributed by atoms with Crippen LogP contribution in [0.1, 0.15) is 12.8 Å². The average Bonchev–Trinajstić information content (AvgIpc) is 2.95. The van der Waals surface area contributed by atoms with Gasteiger partial charge in [0.1, 0.15) is 5.82 Å². The summed E-state index contributed by atoms with van der Waals surface area (Å²) >= 11 is 1.74. The zero-order chi connectivity index (χ0) is 14.7. The van der Waals surface area contributed by atoms with Gasteiger partial charge in [0.2, 0.25) is 0 Å². The first-order chi connectivity index (χ1) is 10.2. The molecule has 0 spiro atoms. The molecule has 3 heterocycles. The van der Waals surface area contributed by atoms with E-state index >= 15 is 0 Å². The Hall–Kier alpha value is -1.66. The van der Waals surface area contributed by atoms with Crippen LogP contribution in [0.25, 0.3) is 10.1 Å². The van der Waals surface area contributed by atoms with Crippen molar-refractivity contribution in [3.05, 3.63) is 23.7 Å². The minimum Gasteiger partial charge on any atom is -0.480 e. The highest BCUT2D eigenvalue weighted by Gasteiger charge is 2.22. The number of hydrogen-bond acceptors (Lipinski definition) is 5. The van der Waals surface area contributed by atoms with E-state index in [-0.39, 0.29) is 6.54 Å². The second-order valence-electron chi connectivity index (χ2n) is 5.45. The molecule has 2 aromatic rings. The van der Waals surface area contributed by atoms with Gasteiger partial charge in [-0.3, -0.25) is 4.79 Å². The van der Waals surface area contributed by atoms with E-state index in [4.69, 9.17) is 5.11 Å². The number of nitrogens with one attached hydrogen (secondary N) is 1. The SMILES string of the molecule is O=C(O)CNCC1CCCN(c2nccc3sccc23)C1. The number of pyridine rings is 1. The van der Waals surface area contributed by atoms with E-state index in [0.717, 1.165) is 38.3 Å². The van der Waals surface area contributed by atoms with Crippen LogP contribution < -0.4 is 10.2 Å². The first kappa shape index (κ1) is 14.3. The van der Waals surface area contributed by atoms with Gasteiger partial charge in [-0.1, -0.05) is 0 Å². The van der Waals surface area contributed by atoms with Crippen molar-refractivity contribution >= 4 is 33.2 Å². The van der Waals surface area contributed by atoms with Gasteiger partial charge in [0, 0.05) is 35.9 Å². The third-order valence-corrected chi connectivity index (χ3v) is 4.77. The summed E-state index contributed by atoms with van der Waals surface area (Å²) in [6, 6.07) is 4.19. The molecule has 1 aliphatic rings. The minimum atomic E-state index is -0.799. The Bertz CT molecular complexity index is 628. The van der Waals surface area contributed by atoms with Crippen LogP contribution in [-0.2, 0) is 4.79 Å². The number of aliphatic carboxylic acids is 1. The molecule has 1 aliphatic heterocycles. The Kier molecular flexibility index (Phi) is 4.36. The molecule has 1 atom stereocenters. The fourth-order valence-electron chi connectivity index (χ4n) is 2.94. The number of hydrogen-bond donors (Lipinski definition) is 2. The standard InChI is InChI=1S/C15H19N3O2S/c19-14(20)9-16-8-11-2-1-6-18(10-11)15-12-4-7-21-13(12)3-5-17-15/h3-5,7,11,16H,1-2,6,8-10H2,(H,19,20). The molecule has 0 bridgehead atoms. The molecule has 0 saturated carbocycles. The van der Waals surface area contributed by atoms with Crippen LogP contribution in [0.15, 0.2) is 23.7 Å². The Morgan fingerprint density at radius 3 is 3.29 bits per heavy atom. The number of rotatable bonds is 5. The highest BCUT2D eigenvalue weighted by atomic mass is 32.1. The third-order valence-electron chi connectivity index (χ3n) is 3.89. The second kappa shape index (κ2) is 6.41. The van der Waals surface area contributed by atoms with E-state index < -0.39 is 5.97 Å². The lowest BCUT2D eigenvalue weighted by Gasteiger charge is -2.34. The van der Waals surface area contributed by atoms with Crippen LogP contribution in [0.4, 0.5) is 5.82 Å². The number of carboxylic acid groups (broad SMARTS) is 1. The zero-order valence-corrected chi connectivity index (χ0v) is 12.6. The van der Waals surface area contributed by atoms with Crippen LogP contribution in [0.3, 0.4) is 0 Å². The fourth-order valence-corrected chi connectivity index (χ4v) is 3.72. The molecule has 1 unspecified atom stereocenters. The summed E-state index contributed by atoms with van der Waals surface area (Å²) in [6.07, 6.45) is 4.14. The van der Waals surface area contributed by atoms with Gasteiger partial charge in [-0.25, -0.2) is 4.98 Å². The van der Waals surface area contributed by atoms with Crippen molar-refractivity contribution in [1.29, 1.82) is 0 Å². The molecule has 0 amide bonds. The van der Waals surface area contributed by atoms with Crippen molar-refractivity contribution in [3.8, 4) is 0 Å². The van der Waals surface area contributed by atoms with Gasteiger partial charge in [0.15, 0.2) is 0 Å². The van der Waals surface area contributed by atoms with E-state index in [1.54, 1.807) is 11.3 Å². The Labute approximate surface area is 127 Å². The molecule has 2 aromatic heterocycles. The van der Waals surface area contributed by atoms with Gasteiger partial charge in [-0.15, -0.1) is 11.3 Å². The first-order valence-corrected chi connectivity index (χ1v) is 8.11. The maximum Gasteiger partial charge on any atom is 0.317 e. The van der Waals surface area contributed by atoms with E-state index in [1.165, 1.54) is 10.1 Å². The smallest absolute Gasteiger partial charge is 0.317 e. The van der Waals surface area contributed by atoms with Gasteiger partial charge in [0.05, 0.1) is 6.54 Å². The number of nitrogens with zero attached hydrogens (tertiary/aromatic N) is 2. The molecule has 1 fully saturated rings. The molecule has 5 nitrogen and oxygen atoms in total. The summed E-state index contributed by atoms with van der Waals surface area (Å²) in [4.78, 5) is 17.5. The minimum absolute atomic E-state index is 0.0366. The molecule has 6 heteroatoms. The van der Waals surface area contributed by atoms with Crippen molar-refractivity contribution in [2.45, 2.75) is 12.8 Å². The number of aromatic nitrogens is 1. The Balaban J connectivity index is 1.68. The van der Waals surface area contributed by atoms with E-state index in [1.807, 2.05) is 6.20 Å².